The van der Waals surface area contributed by atoms with Crippen molar-refractivity contribution in [3.05, 3.63) is 65.7 Å². The Labute approximate surface area is 173 Å². The fraction of sp³-hybridized carbons (Fsp3) is 0.556. The van der Waals surface area contributed by atoms with Gasteiger partial charge in [-0.1, -0.05) is 120 Å². The molecule has 0 saturated heterocycles. The van der Waals surface area contributed by atoms with Crippen LogP contribution in [0.1, 0.15) is 95.1 Å². The largest absolute Gasteiger partial charge is 0.494 e. The van der Waals surface area contributed by atoms with Crippen LogP contribution in [0.3, 0.4) is 0 Å². The van der Waals surface area contributed by atoms with Gasteiger partial charge in [0.1, 0.15) is 5.75 Å². The molecule has 0 aliphatic heterocycles. The van der Waals surface area contributed by atoms with Gasteiger partial charge < -0.3 is 4.74 Å². The van der Waals surface area contributed by atoms with Crippen LogP contribution in [0.4, 0.5) is 0 Å². The summed E-state index contributed by atoms with van der Waals surface area (Å²) in [5.41, 5.74) is 2.69. The molecule has 1 nitrogen and oxygen atoms in total. The molecule has 0 aromatic heterocycles. The van der Waals surface area contributed by atoms with Crippen LogP contribution in [0.15, 0.2) is 54.6 Å². The fourth-order valence-electron chi connectivity index (χ4n) is 3.67. The Morgan fingerprint density at radius 1 is 0.536 bits per heavy atom. The Kier molecular flexibility index (Phi) is 12.2. The highest BCUT2D eigenvalue weighted by Gasteiger charge is 1.98. The van der Waals surface area contributed by atoms with Crippen LogP contribution in [0, 0.1) is 0 Å². The second-order valence-electron chi connectivity index (χ2n) is 8.04. The molecule has 2 rings (SSSR count). The SMILES string of the molecule is CCCCCCCCCCCCCCOc1ccc(Cc2ccccc2)cc1. The summed E-state index contributed by atoms with van der Waals surface area (Å²) in [5.74, 6) is 1.000. The van der Waals surface area contributed by atoms with E-state index < -0.39 is 0 Å². The van der Waals surface area contributed by atoms with Gasteiger partial charge in [0.25, 0.3) is 0 Å². The smallest absolute Gasteiger partial charge is 0.119 e. The number of hydrogen-bond acceptors (Lipinski definition) is 1. The summed E-state index contributed by atoms with van der Waals surface area (Å²) in [6, 6.07) is 19.2. The summed E-state index contributed by atoms with van der Waals surface area (Å²) in [5, 5.41) is 0. The van der Waals surface area contributed by atoms with Crippen LogP contribution in [-0.2, 0) is 6.42 Å². The number of benzene rings is 2. The molecular weight excluding hydrogens is 340 g/mol. The number of hydrogen-bond donors (Lipinski definition) is 0. The lowest BCUT2D eigenvalue weighted by Crippen LogP contribution is -1.97. The Balaban J connectivity index is 1.43. The lowest BCUT2D eigenvalue weighted by Gasteiger charge is -2.08. The average Bonchev–Trinajstić information content (AvgIpc) is 2.73. The monoisotopic (exact) mass is 380 g/mol. The van der Waals surface area contributed by atoms with Crippen molar-refractivity contribution >= 4 is 0 Å². The zero-order chi connectivity index (χ0) is 19.7. The first-order valence-electron chi connectivity index (χ1n) is 11.6. The lowest BCUT2D eigenvalue weighted by atomic mass is 10.1. The van der Waals surface area contributed by atoms with E-state index in [0.717, 1.165) is 18.8 Å². The quantitative estimate of drug-likeness (QED) is 0.266. The Morgan fingerprint density at radius 3 is 1.61 bits per heavy atom. The molecule has 0 atom stereocenters. The van der Waals surface area contributed by atoms with Crippen molar-refractivity contribution in [2.24, 2.45) is 0 Å². The Bertz CT molecular complexity index is 587. The molecule has 0 saturated carbocycles. The molecule has 2 aromatic rings. The third-order valence-corrected chi connectivity index (χ3v) is 5.44. The van der Waals surface area contributed by atoms with Crippen molar-refractivity contribution in [1.29, 1.82) is 0 Å². The topological polar surface area (TPSA) is 9.23 Å². The van der Waals surface area contributed by atoms with E-state index in [1.807, 2.05) is 0 Å². The van der Waals surface area contributed by atoms with Crippen molar-refractivity contribution in [3.63, 3.8) is 0 Å². The molecule has 2 aromatic carbocycles. The molecular formula is C27H40O. The lowest BCUT2D eigenvalue weighted by molar-refractivity contribution is 0.304. The predicted octanol–water partition coefficient (Wildman–Crippen LogP) is 8.36. The van der Waals surface area contributed by atoms with E-state index in [0.29, 0.717) is 0 Å². The second kappa shape index (κ2) is 15.2. The molecule has 0 aliphatic carbocycles. The van der Waals surface area contributed by atoms with Gasteiger partial charge in [0.05, 0.1) is 6.61 Å². The molecule has 0 aliphatic rings. The molecule has 1 heteroatoms. The van der Waals surface area contributed by atoms with E-state index in [1.165, 1.54) is 88.2 Å². The first kappa shape index (κ1) is 22.5. The van der Waals surface area contributed by atoms with Crippen LogP contribution >= 0.6 is 0 Å². The minimum absolute atomic E-state index is 0.843. The highest BCUT2D eigenvalue weighted by atomic mass is 16.5. The zero-order valence-electron chi connectivity index (χ0n) is 18.0. The maximum atomic E-state index is 5.90. The van der Waals surface area contributed by atoms with Crippen LogP contribution in [0.25, 0.3) is 0 Å². The Hall–Kier alpha value is -1.76. The van der Waals surface area contributed by atoms with Crippen molar-refractivity contribution < 1.29 is 4.74 Å². The standard InChI is InChI=1S/C27H40O/c1-2-3-4-5-6-7-8-9-10-11-12-16-23-28-27-21-19-26(20-22-27)24-25-17-14-13-15-18-25/h13-15,17-22H,2-12,16,23-24H2,1H3. The van der Waals surface area contributed by atoms with Gasteiger partial charge in [-0.05, 0) is 36.1 Å². The fourth-order valence-corrected chi connectivity index (χ4v) is 3.67. The third-order valence-electron chi connectivity index (χ3n) is 5.44. The minimum atomic E-state index is 0.843. The van der Waals surface area contributed by atoms with E-state index in [4.69, 9.17) is 4.74 Å². The average molecular weight is 381 g/mol. The maximum absolute atomic E-state index is 5.90. The third kappa shape index (κ3) is 10.5. The molecule has 0 amide bonds. The molecule has 0 N–H and O–H groups in total. The number of unbranched alkanes of at least 4 members (excludes halogenated alkanes) is 11. The molecule has 0 spiro atoms. The van der Waals surface area contributed by atoms with Crippen LogP contribution < -0.4 is 4.74 Å². The number of ether oxygens (including phenoxy) is 1. The molecule has 0 heterocycles. The molecule has 0 bridgehead atoms. The Morgan fingerprint density at radius 2 is 1.04 bits per heavy atom. The van der Waals surface area contributed by atoms with Crippen LogP contribution in [0.2, 0.25) is 0 Å². The van der Waals surface area contributed by atoms with Gasteiger partial charge in [-0.2, -0.15) is 0 Å². The number of rotatable bonds is 16. The van der Waals surface area contributed by atoms with E-state index in [1.54, 1.807) is 0 Å². The molecule has 28 heavy (non-hydrogen) atoms. The summed E-state index contributed by atoms with van der Waals surface area (Å²) in [7, 11) is 0. The van der Waals surface area contributed by atoms with Crippen molar-refractivity contribution in [1.82, 2.24) is 0 Å². The normalized spacial score (nSPS) is 10.9. The van der Waals surface area contributed by atoms with E-state index in [-0.39, 0.29) is 0 Å². The van der Waals surface area contributed by atoms with Gasteiger partial charge in [0.15, 0.2) is 0 Å². The van der Waals surface area contributed by atoms with E-state index in [9.17, 15) is 0 Å². The summed E-state index contributed by atoms with van der Waals surface area (Å²) < 4.78 is 5.90. The summed E-state index contributed by atoms with van der Waals surface area (Å²) in [6.07, 6.45) is 17.6. The molecule has 0 radical (unpaired) electrons. The summed E-state index contributed by atoms with van der Waals surface area (Å²) in [6.45, 7) is 3.13. The second-order valence-corrected chi connectivity index (χ2v) is 8.04. The van der Waals surface area contributed by atoms with Crippen LogP contribution in [-0.4, -0.2) is 6.61 Å². The predicted molar refractivity (Wildman–Crippen MR) is 122 cm³/mol. The van der Waals surface area contributed by atoms with Crippen molar-refractivity contribution in [2.45, 2.75) is 90.4 Å². The van der Waals surface area contributed by atoms with Gasteiger partial charge in [-0.25, -0.2) is 0 Å². The van der Waals surface area contributed by atoms with Crippen molar-refractivity contribution in [3.8, 4) is 5.75 Å². The van der Waals surface area contributed by atoms with Gasteiger partial charge in [-0.15, -0.1) is 0 Å². The van der Waals surface area contributed by atoms with Gasteiger partial charge in [0, 0.05) is 0 Å². The van der Waals surface area contributed by atoms with E-state index >= 15 is 0 Å². The highest BCUT2D eigenvalue weighted by Crippen LogP contribution is 2.16. The highest BCUT2D eigenvalue weighted by molar-refractivity contribution is 5.31. The van der Waals surface area contributed by atoms with E-state index in [2.05, 4.69) is 61.5 Å². The molecule has 154 valence electrons. The van der Waals surface area contributed by atoms with Crippen LogP contribution in [0.5, 0.6) is 5.75 Å². The summed E-state index contributed by atoms with van der Waals surface area (Å²) >= 11 is 0. The zero-order valence-corrected chi connectivity index (χ0v) is 18.0. The van der Waals surface area contributed by atoms with Gasteiger partial charge in [0.2, 0.25) is 0 Å². The van der Waals surface area contributed by atoms with Gasteiger partial charge >= 0.3 is 0 Å². The van der Waals surface area contributed by atoms with Crippen molar-refractivity contribution in [2.75, 3.05) is 6.61 Å². The first-order chi connectivity index (χ1) is 13.9. The first-order valence-corrected chi connectivity index (χ1v) is 11.6. The van der Waals surface area contributed by atoms with Gasteiger partial charge in [-0.3, -0.25) is 0 Å². The molecule has 0 fully saturated rings. The summed E-state index contributed by atoms with van der Waals surface area (Å²) in [4.78, 5) is 0. The minimum Gasteiger partial charge on any atom is -0.494 e. The maximum Gasteiger partial charge on any atom is 0.119 e. The molecule has 0 unspecified atom stereocenters.